The van der Waals surface area contributed by atoms with Gasteiger partial charge >= 0.3 is 0 Å². The van der Waals surface area contributed by atoms with Crippen LogP contribution in [0.1, 0.15) is 47.5 Å². The van der Waals surface area contributed by atoms with Crippen LogP contribution in [0.2, 0.25) is 0 Å². The normalized spacial score (nSPS) is 23.1. The molecule has 21 heavy (non-hydrogen) atoms. The average molecular weight is 298 g/mol. The van der Waals surface area contributed by atoms with Crippen LogP contribution >= 0.6 is 0 Å². The maximum absolute atomic E-state index is 12.6. The highest BCUT2D eigenvalue weighted by Crippen LogP contribution is 2.20. The molecule has 1 fully saturated rings. The molecule has 1 saturated heterocycles. The van der Waals surface area contributed by atoms with E-state index in [2.05, 4.69) is 33.0 Å². The molecule has 5 heteroatoms. The summed E-state index contributed by atoms with van der Waals surface area (Å²) in [5, 5.41) is 2.90. The van der Waals surface area contributed by atoms with Gasteiger partial charge in [-0.15, -0.1) is 0 Å². The van der Waals surface area contributed by atoms with Crippen molar-refractivity contribution in [2.75, 3.05) is 19.8 Å². The molecule has 5 nitrogen and oxygen atoms in total. The Balaban J connectivity index is 2.82. The average Bonchev–Trinajstić information content (AvgIpc) is 2.38. The molecule has 122 valence electrons. The maximum Gasteiger partial charge on any atom is 0.245 e. The van der Waals surface area contributed by atoms with Crippen LogP contribution in [0.25, 0.3) is 0 Å². The molecule has 0 aromatic heterocycles. The molecule has 0 aromatic carbocycles. The molecule has 0 spiro atoms. The summed E-state index contributed by atoms with van der Waals surface area (Å²) in [7, 11) is 0. The first kappa shape index (κ1) is 18.0. The Morgan fingerprint density at radius 1 is 1.14 bits per heavy atom. The summed E-state index contributed by atoms with van der Waals surface area (Å²) in [6.07, 6.45) is 1.38. The number of carbonyl (C=O) groups is 2. The van der Waals surface area contributed by atoms with E-state index in [1.807, 2.05) is 6.92 Å². The molecule has 1 aliphatic rings. The topological polar surface area (TPSA) is 58.6 Å². The van der Waals surface area contributed by atoms with Crippen molar-refractivity contribution in [1.82, 2.24) is 10.2 Å². The van der Waals surface area contributed by atoms with Gasteiger partial charge < -0.3 is 15.0 Å². The number of hydrogen-bond donors (Lipinski definition) is 1. The fourth-order valence-electron chi connectivity index (χ4n) is 2.71. The van der Waals surface area contributed by atoms with Crippen molar-refractivity contribution in [3.63, 3.8) is 0 Å². The monoisotopic (exact) mass is 298 g/mol. The van der Waals surface area contributed by atoms with E-state index in [0.717, 1.165) is 0 Å². The molecule has 0 aromatic rings. The van der Waals surface area contributed by atoms with Crippen LogP contribution < -0.4 is 5.32 Å². The molecule has 2 atom stereocenters. The van der Waals surface area contributed by atoms with E-state index in [1.54, 1.807) is 4.90 Å². The quantitative estimate of drug-likeness (QED) is 0.695. The van der Waals surface area contributed by atoms with Crippen molar-refractivity contribution in [1.29, 1.82) is 0 Å². The molecule has 1 heterocycles. The molecule has 0 bridgehead atoms. The van der Waals surface area contributed by atoms with Crippen LogP contribution in [-0.4, -0.2) is 48.6 Å². The summed E-state index contributed by atoms with van der Waals surface area (Å²) in [6.45, 7) is 11.8. The highest BCUT2D eigenvalue weighted by atomic mass is 16.5. The molecule has 1 N–H and O–H groups in total. The fraction of sp³-hybridized carbons (Fsp3) is 0.875. The van der Waals surface area contributed by atoms with E-state index in [-0.39, 0.29) is 23.9 Å². The summed E-state index contributed by atoms with van der Waals surface area (Å²) in [4.78, 5) is 26.7. The van der Waals surface area contributed by atoms with E-state index in [0.29, 0.717) is 44.4 Å². The first-order valence-electron chi connectivity index (χ1n) is 8.05. The van der Waals surface area contributed by atoms with Crippen LogP contribution in [0.15, 0.2) is 0 Å². The van der Waals surface area contributed by atoms with Gasteiger partial charge in [0.1, 0.15) is 12.1 Å². The van der Waals surface area contributed by atoms with E-state index in [9.17, 15) is 9.59 Å². The van der Waals surface area contributed by atoms with Gasteiger partial charge in [-0.3, -0.25) is 9.59 Å². The SMILES string of the molecule is CCOCCN1C(=O)C(CC(C)C)NC(=O)C1CC(C)C. The number of ether oxygens (including phenoxy) is 1. The van der Waals surface area contributed by atoms with Crippen LogP contribution in [0, 0.1) is 11.8 Å². The van der Waals surface area contributed by atoms with E-state index >= 15 is 0 Å². The highest BCUT2D eigenvalue weighted by molar-refractivity contribution is 5.96. The standard InChI is InChI=1S/C16H30N2O3/c1-6-21-8-7-18-14(10-12(4)5)15(19)17-13(16(18)20)9-11(2)3/h11-14H,6-10H2,1-5H3,(H,17,19). The van der Waals surface area contributed by atoms with Crippen LogP contribution in [0.3, 0.4) is 0 Å². The Morgan fingerprint density at radius 2 is 1.76 bits per heavy atom. The van der Waals surface area contributed by atoms with Crippen LogP contribution in [-0.2, 0) is 14.3 Å². The lowest BCUT2D eigenvalue weighted by atomic mass is 9.94. The third kappa shape index (κ3) is 5.30. The first-order chi connectivity index (χ1) is 9.86. The summed E-state index contributed by atoms with van der Waals surface area (Å²) in [5.74, 6) is 0.749. The number of rotatable bonds is 8. The van der Waals surface area contributed by atoms with Crippen molar-refractivity contribution >= 4 is 11.8 Å². The highest BCUT2D eigenvalue weighted by Gasteiger charge is 2.40. The van der Waals surface area contributed by atoms with E-state index < -0.39 is 0 Å². The lowest BCUT2D eigenvalue weighted by molar-refractivity contribution is -0.151. The summed E-state index contributed by atoms with van der Waals surface area (Å²) >= 11 is 0. The summed E-state index contributed by atoms with van der Waals surface area (Å²) in [5.41, 5.74) is 0. The van der Waals surface area contributed by atoms with Crippen LogP contribution in [0.5, 0.6) is 0 Å². The van der Waals surface area contributed by atoms with Crippen molar-refractivity contribution in [2.45, 2.75) is 59.5 Å². The Labute approximate surface area is 128 Å². The molecule has 0 radical (unpaired) electrons. The van der Waals surface area contributed by atoms with Crippen molar-refractivity contribution in [3.8, 4) is 0 Å². The van der Waals surface area contributed by atoms with Gasteiger partial charge in [0.15, 0.2) is 0 Å². The van der Waals surface area contributed by atoms with E-state index in [4.69, 9.17) is 4.74 Å². The number of carbonyl (C=O) groups excluding carboxylic acids is 2. The summed E-state index contributed by atoms with van der Waals surface area (Å²) in [6, 6.07) is -0.746. The Hall–Kier alpha value is -1.10. The lowest BCUT2D eigenvalue weighted by Gasteiger charge is -2.40. The zero-order valence-corrected chi connectivity index (χ0v) is 14.0. The predicted molar refractivity (Wildman–Crippen MR) is 82.8 cm³/mol. The van der Waals surface area contributed by atoms with Crippen molar-refractivity contribution < 1.29 is 14.3 Å². The third-order valence-electron chi connectivity index (χ3n) is 3.66. The Kier molecular flexibility index (Phi) is 7.15. The van der Waals surface area contributed by atoms with Gasteiger partial charge in [-0.1, -0.05) is 27.7 Å². The number of amides is 2. The second kappa shape index (κ2) is 8.37. The minimum Gasteiger partial charge on any atom is -0.380 e. The molecule has 0 saturated carbocycles. The molecular weight excluding hydrogens is 268 g/mol. The molecule has 0 aliphatic carbocycles. The van der Waals surface area contributed by atoms with Gasteiger partial charge in [0.25, 0.3) is 0 Å². The second-order valence-corrected chi connectivity index (χ2v) is 6.56. The smallest absolute Gasteiger partial charge is 0.245 e. The number of nitrogens with zero attached hydrogens (tertiary/aromatic N) is 1. The largest absolute Gasteiger partial charge is 0.380 e. The third-order valence-corrected chi connectivity index (χ3v) is 3.66. The van der Waals surface area contributed by atoms with Gasteiger partial charge in [0, 0.05) is 13.2 Å². The summed E-state index contributed by atoms with van der Waals surface area (Å²) < 4.78 is 5.36. The first-order valence-corrected chi connectivity index (χ1v) is 8.05. The molecule has 2 amide bonds. The van der Waals surface area contributed by atoms with Gasteiger partial charge in [0.05, 0.1) is 6.61 Å². The zero-order chi connectivity index (χ0) is 16.0. The lowest BCUT2D eigenvalue weighted by Crippen LogP contribution is -2.64. The molecular formula is C16H30N2O3. The Bertz CT molecular complexity index is 355. The van der Waals surface area contributed by atoms with Gasteiger partial charge in [0.2, 0.25) is 11.8 Å². The molecule has 1 rings (SSSR count). The number of piperazine rings is 1. The van der Waals surface area contributed by atoms with Gasteiger partial charge in [-0.05, 0) is 31.6 Å². The van der Waals surface area contributed by atoms with Crippen molar-refractivity contribution in [2.24, 2.45) is 11.8 Å². The zero-order valence-electron chi connectivity index (χ0n) is 14.0. The van der Waals surface area contributed by atoms with Gasteiger partial charge in [-0.2, -0.15) is 0 Å². The maximum atomic E-state index is 12.6. The minimum atomic E-state index is -0.387. The van der Waals surface area contributed by atoms with Crippen molar-refractivity contribution in [3.05, 3.63) is 0 Å². The second-order valence-electron chi connectivity index (χ2n) is 6.56. The molecule has 2 unspecified atom stereocenters. The Morgan fingerprint density at radius 3 is 2.29 bits per heavy atom. The predicted octanol–water partition coefficient (Wildman–Crippen LogP) is 1.81. The van der Waals surface area contributed by atoms with E-state index in [1.165, 1.54) is 0 Å². The number of hydrogen-bond acceptors (Lipinski definition) is 3. The number of nitrogens with one attached hydrogen (secondary N) is 1. The van der Waals surface area contributed by atoms with Crippen LogP contribution in [0.4, 0.5) is 0 Å². The molecule has 1 aliphatic heterocycles. The van der Waals surface area contributed by atoms with Gasteiger partial charge in [-0.25, -0.2) is 0 Å². The fourth-order valence-corrected chi connectivity index (χ4v) is 2.71. The minimum absolute atomic E-state index is 0.0227.